The van der Waals surface area contributed by atoms with Crippen LogP contribution in [0.4, 0.5) is 5.13 Å². The molecule has 1 unspecified atom stereocenters. The van der Waals surface area contributed by atoms with Crippen LogP contribution >= 0.6 is 11.3 Å². The summed E-state index contributed by atoms with van der Waals surface area (Å²) in [5, 5.41) is 6.62. The zero-order valence-electron chi connectivity index (χ0n) is 13.3. The molecule has 0 aromatic carbocycles. The summed E-state index contributed by atoms with van der Waals surface area (Å²) in [6.45, 7) is 11.1. The number of rotatable bonds is 7. The molecule has 0 spiro atoms. The Labute approximate surface area is 131 Å². The van der Waals surface area contributed by atoms with Crippen molar-refractivity contribution in [1.29, 1.82) is 0 Å². The second-order valence-electron chi connectivity index (χ2n) is 5.12. The van der Waals surface area contributed by atoms with Gasteiger partial charge in [0.1, 0.15) is 0 Å². The maximum atomic E-state index is 4.77. The average Bonchev–Trinajstić information content (AvgIpc) is 2.95. The monoisotopic (exact) mass is 304 g/mol. The summed E-state index contributed by atoms with van der Waals surface area (Å²) in [5.74, 6) is 0. The van der Waals surface area contributed by atoms with Gasteiger partial charge >= 0.3 is 0 Å². The van der Waals surface area contributed by atoms with E-state index in [1.807, 2.05) is 13.0 Å². The summed E-state index contributed by atoms with van der Waals surface area (Å²) in [6, 6.07) is 6.47. The molecule has 2 aromatic rings. The van der Waals surface area contributed by atoms with E-state index in [0.29, 0.717) is 6.04 Å². The third-order valence-corrected chi connectivity index (χ3v) is 4.33. The van der Waals surface area contributed by atoms with Crippen LogP contribution < -0.4 is 10.2 Å². The molecule has 2 heterocycles. The number of nitrogens with one attached hydrogen (secondary N) is 1. The Balaban J connectivity index is 2.10. The van der Waals surface area contributed by atoms with Crippen molar-refractivity contribution in [2.75, 3.05) is 18.0 Å². The predicted molar refractivity (Wildman–Crippen MR) is 89.9 cm³/mol. The van der Waals surface area contributed by atoms with Crippen molar-refractivity contribution in [2.24, 2.45) is 0 Å². The Morgan fingerprint density at radius 3 is 2.76 bits per heavy atom. The quantitative estimate of drug-likeness (QED) is 0.849. The van der Waals surface area contributed by atoms with Crippen molar-refractivity contribution in [3.63, 3.8) is 0 Å². The molecular formula is C16H24N4S. The van der Waals surface area contributed by atoms with Gasteiger partial charge in [-0.15, -0.1) is 11.3 Å². The highest BCUT2D eigenvalue weighted by molar-refractivity contribution is 7.13. The van der Waals surface area contributed by atoms with Crippen LogP contribution in [0.25, 0.3) is 0 Å². The first kappa shape index (κ1) is 15.9. The van der Waals surface area contributed by atoms with Crippen LogP contribution in [0.2, 0.25) is 0 Å². The molecule has 0 saturated heterocycles. The Morgan fingerprint density at radius 1 is 1.29 bits per heavy atom. The number of thiazole rings is 1. The highest BCUT2D eigenvalue weighted by Gasteiger charge is 2.14. The first-order valence-corrected chi connectivity index (χ1v) is 8.38. The number of anilines is 1. The number of aryl methyl sites for hydroxylation is 1. The predicted octanol–water partition coefficient (Wildman–Crippen LogP) is 3.54. The Hall–Kier alpha value is -1.46. The van der Waals surface area contributed by atoms with E-state index in [1.54, 1.807) is 11.3 Å². The second-order valence-corrected chi connectivity index (χ2v) is 5.96. The number of nitrogens with zero attached hydrogens (tertiary/aromatic N) is 3. The van der Waals surface area contributed by atoms with Gasteiger partial charge < -0.3 is 10.2 Å². The topological polar surface area (TPSA) is 41.0 Å². The van der Waals surface area contributed by atoms with Gasteiger partial charge in [-0.05, 0) is 39.4 Å². The summed E-state index contributed by atoms with van der Waals surface area (Å²) in [6.07, 6.45) is 0. The van der Waals surface area contributed by atoms with E-state index in [9.17, 15) is 0 Å². The Morgan fingerprint density at radius 2 is 2.10 bits per heavy atom. The van der Waals surface area contributed by atoms with Gasteiger partial charge in [0.2, 0.25) is 0 Å². The molecule has 2 rings (SSSR count). The molecule has 0 aliphatic heterocycles. The minimum atomic E-state index is 0.302. The molecule has 1 N–H and O–H groups in total. The number of pyridine rings is 1. The van der Waals surface area contributed by atoms with Crippen molar-refractivity contribution < 1.29 is 0 Å². The normalized spacial score (nSPS) is 12.4. The molecule has 5 heteroatoms. The molecule has 2 aromatic heterocycles. The Kier molecular flexibility index (Phi) is 5.70. The molecule has 1 atom stereocenters. The van der Waals surface area contributed by atoms with E-state index in [0.717, 1.165) is 41.8 Å². The molecule has 0 saturated carbocycles. The Bertz CT molecular complexity index is 567. The van der Waals surface area contributed by atoms with Crippen molar-refractivity contribution in [3.05, 3.63) is 40.7 Å². The molecule has 4 nitrogen and oxygen atoms in total. The number of hydrogen-bond donors (Lipinski definition) is 1. The molecule has 0 radical (unpaired) electrons. The van der Waals surface area contributed by atoms with Crippen LogP contribution in [0.15, 0.2) is 23.6 Å². The molecule has 114 valence electrons. The van der Waals surface area contributed by atoms with Gasteiger partial charge in [-0.3, -0.25) is 4.98 Å². The highest BCUT2D eigenvalue weighted by Crippen LogP contribution is 2.25. The summed E-state index contributed by atoms with van der Waals surface area (Å²) < 4.78 is 0. The summed E-state index contributed by atoms with van der Waals surface area (Å²) in [7, 11) is 0. The van der Waals surface area contributed by atoms with Crippen LogP contribution in [-0.2, 0) is 6.54 Å². The van der Waals surface area contributed by atoms with E-state index in [2.05, 4.69) is 53.5 Å². The standard InChI is InChI=1S/C16H24N4S/c1-5-17-13(4)15-11-21-16(19-15)20(6-2)10-14-9-7-8-12(3)18-14/h7-9,11,13,17H,5-6,10H2,1-4H3. The van der Waals surface area contributed by atoms with Gasteiger partial charge in [0, 0.05) is 23.7 Å². The van der Waals surface area contributed by atoms with E-state index in [1.165, 1.54) is 0 Å². The lowest BCUT2D eigenvalue weighted by Crippen LogP contribution is -2.23. The summed E-state index contributed by atoms with van der Waals surface area (Å²) in [4.78, 5) is 11.6. The highest BCUT2D eigenvalue weighted by atomic mass is 32.1. The van der Waals surface area contributed by atoms with Crippen molar-refractivity contribution in [1.82, 2.24) is 15.3 Å². The lowest BCUT2D eigenvalue weighted by atomic mass is 10.2. The van der Waals surface area contributed by atoms with Crippen LogP contribution in [0.1, 0.15) is 43.9 Å². The maximum Gasteiger partial charge on any atom is 0.185 e. The third-order valence-electron chi connectivity index (χ3n) is 3.41. The fourth-order valence-corrected chi connectivity index (χ4v) is 3.21. The van der Waals surface area contributed by atoms with Crippen molar-refractivity contribution >= 4 is 16.5 Å². The van der Waals surface area contributed by atoms with E-state index in [-0.39, 0.29) is 0 Å². The maximum absolute atomic E-state index is 4.77. The van der Waals surface area contributed by atoms with Gasteiger partial charge in [0.05, 0.1) is 17.9 Å². The molecule has 21 heavy (non-hydrogen) atoms. The SMILES string of the molecule is CCNC(C)c1csc(N(CC)Cc2cccc(C)n2)n1. The first-order chi connectivity index (χ1) is 10.1. The molecule has 0 aliphatic carbocycles. The molecule has 0 fully saturated rings. The zero-order valence-corrected chi connectivity index (χ0v) is 14.1. The van der Waals surface area contributed by atoms with Crippen molar-refractivity contribution in [3.8, 4) is 0 Å². The fourth-order valence-electron chi connectivity index (χ4n) is 2.23. The van der Waals surface area contributed by atoms with E-state index >= 15 is 0 Å². The van der Waals surface area contributed by atoms with Gasteiger partial charge in [-0.2, -0.15) is 0 Å². The zero-order chi connectivity index (χ0) is 15.2. The van der Waals surface area contributed by atoms with Crippen molar-refractivity contribution in [2.45, 2.75) is 40.3 Å². The largest absolute Gasteiger partial charge is 0.342 e. The van der Waals surface area contributed by atoms with E-state index in [4.69, 9.17) is 4.98 Å². The smallest absolute Gasteiger partial charge is 0.185 e. The van der Waals surface area contributed by atoms with Gasteiger partial charge in [-0.1, -0.05) is 13.0 Å². The average molecular weight is 304 g/mol. The number of hydrogen-bond acceptors (Lipinski definition) is 5. The van der Waals surface area contributed by atoms with Gasteiger partial charge in [-0.25, -0.2) is 4.98 Å². The van der Waals surface area contributed by atoms with Crippen LogP contribution in [0, 0.1) is 6.92 Å². The third kappa shape index (κ3) is 4.25. The second kappa shape index (κ2) is 7.52. The van der Waals surface area contributed by atoms with Crippen LogP contribution in [-0.4, -0.2) is 23.1 Å². The fraction of sp³-hybridized carbons (Fsp3) is 0.500. The van der Waals surface area contributed by atoms with Crippen LogP contribution in [0.3, 0.4) is 0 Å². The summed E-state index contributed by atoms with van der Waals surface area (Å²) >= 11 is 1.71. The molecule has 0 amide bonds. The first-order valence-electron chi connectivity index (χ1n) is 7.50. The lowest BCUT2D eigenvalue weighted by molar-refractivity contribution is 0.585. The van der Waals surface area contributed by atoms with E-state index < -0.39 is 0 Å². The lowest BCUT2D eigenvalue weighted by Gasteiger charge is -2.19. The molecular weight excluding hydrogens is 280 g/mol. The number of aromatic nitrogens is 2. The minimum Gasteiger partial charge on any atom is -0.342 e. The van der Waals surface area contributed by atoms with Gasteiger partial charge in [0.15, 0.2) is 5.13 Å². The van der Waals surface area contributed by atoms with Crippen LogP contribution in [0.5, 0.6) is 0 Å². The molecule has 0 bridgehead atoms. The minimum absolute atomic E-state index is 0.302. The summed E-state index contributed by atoms with van der Waals surface area (Å²) in [5.41, 5.74) is 3.27. The molecule has 0 aliphatic rings. The van der Waals surface area contributed by atoms with Gasteiger partial charge in [0.25, 0.3) is 0 Å².